The van der Waals surface area contributed by atoms with E-state index >= 15 is 0 Å². The molecule has 4 rings (SSSR count). The van der Waals surface area contributed by atoms with Gasteiger partial charge in [-0.3, -0.25) is 9.89 Å². The van der Waals surface area contributed by atoms with Crippen molar-refractivity contribution < 1.29 is 9.21 Å². The SMILES string of the molecule is O=C(N/N=C/c1c[nH]c2ccccc12)c1cc(-c2ccco2)[nH]n1. The van der Waals surface area contributed by atoms with Gasteiger partial charge < -0.3 is 9.40 Å². The zero-order valence-corrected chi connectivity index (χ0v) is 12.5. The van der Waals surface area contributed by atoms with Gasteiger partial charge in [0, 0.05) is 28.7 Å². The van der Waals surface area contributed by atoms with Crippen molar-refractivity contribution in [1.82, 2.24) is 20.6 Å². The number of hydrazone groups is 1. The molecule has 118 valence electrons. The van der Waals surface area contributed by atoms with Crippen LogP contribution in [0, 0.1) is 0 Å². The number of hydrogen-bond donors (Lipinski definition) is 3. The van der Waals surface area contributed by atoms with Crippen LogP contribution in [0.1, 0.15) is 16.1 Å². The average Bonchev–Trinajstić information content (AvgIpc) is 3.35. The number of benzene rings is 1. The first-order valence-corrected chi connectivity index (χ1v) is 7.30. The highest BCUT2D eigenvalue weighted by atomic mass is 16.3. The highest BCUT2D eigenvalue weighted by Gasteiger charge is 2.12. The van der Waals surface area contributed by atoms with Crippen molar-refractivity contribution in [3.63, 3.8) is 0 Å². The lowest BCUT2D eigenvalue weighted by molar-refractivity contribution is 0.0950. The van der Waals surface area contributed by atoms with E-state index in [-0.39, 0.29) is 5.69 Å². The molecule has 0 aliphatic heterocycles. The van der Waals surface area contributed by atoms with Crippen molar-refractivity contribution in [2.75, 3.05) is 0 Å². The van der Waals surface area contributed by atoms with E-state index < -0.39 is 5.91 Å². The Bertz CT molecular complexity index is 1010. The zero-order chi connectivity index (χ0) is 16.4. The van der Waals surface area contributed by atoms with E-state index in [9.17, 15) is 4.79 Å². The lowest BCUT2D eigenvalue weighted by Gasteiger charge is -1.94. The molecule has 0 fully saturated rings. The third-order valence-corrected chi connectivity index (χ3v) is 3.59. The number of fused-ring (bicyclic) bond motifs is 1. The number of nitrogens with zero attached hydrogens (tertiary/aromatic N) is 2. The van der Waals surface area contributed by atoms with E-state index in [4.69, 9.17) is 4.42 Å². The van der Waals surface area contributed by atoms with Gasteiger partial charge in [-0.2, -0.15) is 10.2 Å². The molecule has 3 heterocycles. The number of aromatic nitrogens is 3. The molecule has 0 aliphatic rings. The largest absolute Gasteiger partial charge is 0.463 e. The third-order valence-electron chi connectivity index (χ3n) is 3.59. The van der Waals surface area contributed by atoms with Crippen LogP contribution in [0.25, 0.3) is 22.4 Å². The molecule has 0 aliphatic carbocycles. The fourth-order valence-corrected chi connectivity index (χ4v) is 2.41. The molecule has 7 nitrogen and oxygen atoms in total. The summed E-state index contributed by atoms with van der Waals surface area (Å²) in [6.07, 6.45) is 4.99. The Labute approximate surface area is 136 Å². The van der Waals surface area contributed by atoms with Gasteiger partial charge >= 0.3 is 0 Å². The number of H-pyrrole nitrogens is 2. The number of nitrogens with one attached hydrogen (secondary N) is 3. The molecule has 24 heavy (non-hydrogen) atoms. The molecule has 3 aromatic heterocycles. The van der Waals surface area contributed by atoms with Crippen molar-refractivity contribution in [3.8, 4) is 11.5 Å². The second-order valence-corrected chi connectivity index (χ2v) is 5.13. The second-order valence-electron chi connectivity index (χ2n) is 5.13. The summed E-state index contributed by atoms with van der Waals surface area (Å²) < 4.78 is 5.25. The lowest BCUT2D eigenvalue weighted by atomic mass is 10.2. The molecule has 0 unspecified atom stereocenters. The summed E-state index contributed by atoms with van der Waals surface area (Å²) in [5, 5.41) is 11.7. The van der Waals surface area contributed by atoms with Crippen LogP contribution in [0.2, 0.25) is 0 Å². The summed E-state index contributed by atoms with van der Waals surface area (Å²) in [7, 11) is 0. The lowest BCUT2D eigenvalue weighted by Crippen LogP contribution is -2.17. The van der Waals surface area contributed by atoms with Crippen molar-refractivity contribution in [1.29, 1.82) is 0 Å². The molecule has 0 saturated carbocycles. The summed E-state index contributed by atoms with van der Waals surface area (Å²) in [6, 6.07) is 13.0. The Morgan fingerprint density at radius 1 is 1.25 bits per heavy atom. The summed E-state index contributed by atoms with van der Waals surface area (Å²) in [5.74, 6) is 0.212. The minimum absolute atomic E-state index is 0.234. The molecular weight excluding hydrogens is 306 g/mol. The number of carbonyl (C=O) groups is 1. The van der Waals surface area contributed by atoms with Crippen molar-refractivity contribution in [2.24, 2.45) is 5.10 Å². The molecule has 0 atom stereocenters. The van der Waals surface area contributed by atoms with Crippen LogP contribution in [-0.2, 0) is 0 Å². The molecule has 0 bridgehead atoms. The molecule has 3 N–H and O–H groups in total. The predicted octanol–water partition coefficient (Wildman–Crippen LogP) is 2.91. The number of hydrogen-bond acceptors (Lipinski definition) is 4. The van der Waals surface area contributed by atoms with Gasteiger partial charge in [0.15, 0.2) is 11.5 Å². The molecule has 0 radical (unpaired) electrons. The maximum absolute atomic E-state index is 12.1. The second kappa shape index (κ2) is 5.88. The van der Waals surface area contributed by atoms with E-state index in [1.54, 1.807) is 30.7 Å². The first-order chi connectivity index (χ1) is 11.8. The molecular formula is C17H13N5O2. The fourth-order valence-electron chi connectivity index (χ4n) is 2.41. The molecule has 0 saturated heterocycles. The first-order valence-electron chi connectivity index (χ1n) is 7.30. The number of rotatable bonds is 4. The maximum Gasteiger partial charge on any atom is 0.291 e. The number of para-hydroxylation sites is 1. The molecule has 0 spiro atoms. The number of carbonyl (C=O) groups excluding carboxylic acids is 1. The van der Waals surface area contributed by atoms with Gasteiger partial charge in [0.1, 0.15) is 5.69 Å². The summed E-state index contributed by atoms with van der Waals surface area (Å²) in [4.78, 5) is 15.2. The topological polar surface area (TPSA) is 99.1 Å². The van der Waals surface area contributed by atoms with E-state index in [1.807, 2.05) is 30.5 Å². The van der Waals surface area contributed by atoms with Gasteiger partial charge in [0.2, 0.25) is 0 Å². The smallest absolute Gasteiger partial charge is 0.291 e. The van der Waals surface area contributed by atoms with Crippen LogP contribution in [-0.4, -0.2) is 27.3 Å². The Morgan fingerprint density at radius 3 is 3.04 bits per heavy atom. The quantitative estimate of drug-likeness (QED) is 0.398. The van der Waals surface area contributed by atoms with E-state index in [0.717, 1.165) is 16.5 Å². The molecule has 1 amide bonds. The average molecular weight is 319 g/mol. The van der Waals surface area contributed by atoms with Crippen molar-refractivity contribution >= 4 is 23.0 Å². The number of amides is 1. The first kappa shape index (κ1) is 14.0. The monoisotopic (exact) mass is 319 g/mol. The van der Waals surface area contributed by atoms with Crippen molar-refractivity contribution in [3.05, 3.63) is 66.2 Å². The highest BCUT2D eigenvalue weighted by molar-refractivity contribution is 6.00. The number of furan rings is 1. The van der Waals surface area contributed by atoms with Gasteiger partial charge in [-0.25, -0.2) is 5.43 Å². The molecule has 7 heteroatoms. The van der Waals surface area contributed by atoms with Crippen LogP contribution in [0.3, 0.4) is 0 Å². The van der Waals surface area contributed by atoms with E-state index in [1.165, 1.54) is 0 Å². The van der Waals surface area contributed by atoms with E-state index in [2.05, 4.69) is 25.7 Å². The Balaban J connectivity index is 1.47. The molecule has 4 aromatic rings. The van der Waals surface area contributed by atoms with Crippen LogP contribution in [0.5, 0.6) is 0 Å². The van der Waals surface area contributed by atoms with Crippen molar-refractivity contribution in [2.45, 2.75) is 0 Å². The minimum atomic E-state index is -0.403. The van der Waals surface area contributed by atoms with Crippen LogP contribution in [0.4, 0.5) is 0 Å². The van der Waals surface area contributed by atoms with Gasteiger partial charge in [-0.15, -0.1) is 0 Å². The van der Waals surface area contributed by atoms with Crippen LogP contribution in [0.15, 0.2) is 64.4 Å². The van der Waals surface area contributed by atoms with Crippen LogP contribution < -0.4 is 5.43 Å². The number of aromatic amines is 2. The Kier molecular flexibility index (Phi) is 3.43. The summed E-state index contributed by atoms with van der Waals surface area (Å²) in [6.45, 7) is 0. The van der Waals surface area contributed by atoms with Crippen LogP contribution >= 0.6 is 0 Å². The third kappa shape index (κ3) is 2.58. The van der Waals surface area contributed by atoms with Gasteiger partial charge in [0.05, 0.1) is 12.5 Å². The Hall–Kier alpha value is -3.61. The van der Waals surface area contributed by atoms with Gasteiger partial charge in [0.25, 0.3) is 5.91 Å². The Morgan fingerprint density at radius 2 is 2.17 bits per heavy atom. The van der Waals surface area contributed by atoms with Gasteiger partial charge in [-0.1, -0.05) is 18.2 Å². The standard InChI is InChI=1S/C17H13N5O2/c23-17(15-8-14(20-21-15)16-6-3-7-24-16)22-19-10-11-9-18-13-5-2-1-4-12(11)13/h1-10,18H,(H,20,21)(H,22,23)/b19-10+. The predicted molar refractivity (Wildman–Crippen MR) is 89.6 cm³/mol. The maximum atomic E-state index is 12.1. The normalized spacial score (nSPS) is 11.3. The van der Waals surface area contributed by atoms with Gasteiger partial charge in [-0.05, 0) is 18.2 Å². The van der Waals surface area contributed by atoms with E-state index in [0.29, 0.717) is 11.5 Å². The highest BCUT2D eigenvalue weighted by Crippen LogP contribution is 2.18. The fraction of sp³-hybridized carbons (Fsp3) is 0. The zero-order valence-electron chi connectivity index (χ0n) is 12.5. The summed E-state index contributed by atoms with van der Waals surface area (Å²) in [5.41, 5.74) is 5.24. The summed E-state index contributed by atoms with van der Waals surface area (Å²) >= 11 is 0. The minimum Gasteiger partial charge on any atom is -0.463 e. The molecule has 1 aromatic carbocycles.